The van der Waals surface area contributed by atoms with Crippen molar-refractivity contribution in [1.82, 2.24) is 14.5 Å². The van der Waals surface area contributed by atoms with Crippen LogP contribution in [0.4, 0.5) is 0 Å². The Bertz CT molecular complexity index is 741. The van der Waals surface area contributed by atoms with Crippen LogP contribution >= 0.6 is 11.8 Å². The standard InChI is InChI=1S/C17H17N3OS/c1-20-16(13-6-3-2-4-7-13)15(14-8-5-9-18-12-14)19-17(20)22-11-10-21/h2-9,12,21H,10-11H2,1H3. The van der Waals surface area contributed by atoms with Gasteiger partial charge in [-0.1, -0.05) is 42.1 Å². The maximum atomic E-state index is 9.06. The Balaban J connectivity index is 2.15. The Labute approximate surface area is 133 Å². The fraction of sp³-hybridized carbons (Fsp3) is 0.176. The first kappa shape index (κ1) is 14.8. The van der Waals surface area contributed by atoms with E-state index in [1.165, 1.54) is 0 Å². The Hall–Kier alpha value is -2.11. The summed E-state index contributed by atoms with van der Waals surface area (Å²) in [6, 6.07) is 14.1. The zero-order valence-electron chi connectivity index (χ0n) is 12.3. The Morgan fingerprint density at radius 3 is 2.55 bits per heavy atom. The van der Waals surface area contributed by atoms with E-state index in [-0.39, 0.29) is 6.61 Å². The summed E-state index contributed by atoms with van der Waals surface area (Å²) in [6.45, 7) is 0.139. The normalized spacial score (nSPS) is 10.8. The number of nitrogens with zero attached hydrogens (tertiary/aromatic N) is 3. The molecule has 0 radical (unpaired) electrons. The molecular weight excluding hydrogens is 294 g/mol. The van der Waals surface area contributed by atoms with Crippen molar-refractivity contribution in [2.75, 3.05) is 12.4 Å². The first-order chi connectivity index (χ1) is 10.8. The quantitative estimate of drug-likeness (QED) is 0.735. The smallest absolute Gasteiger partial charge is 0.168 e. The second kappa shape index (κ2) is 6.77. The average Bonchev–Trinajstić information content (AvgIpc) is 2.91. The molecule has 0 saturated carbocycles. The molecule has 2 heterocycles. The van der Waals surface area contributed by atoms with Gasteiger partial charge < -0.3 is 9.67 Å². The average molecular weight is 311 g/mol. The topological polar surface area (TPSA) is 50.9 Å². The highest BCUT2D eigenvalue weighted by Gasteiger charge is 2.17. The first-order valence-corrected chi connectivity index (χ1v) is 8.06. The number of imidazole rings is 1. The monoisotopic (exact) mass is 311 g/mol. The van der Waals surface area contributed by atoms with E-state index in [1.54, 1.807) is 18.0 Å². The number of hydrogen-bond donors (Lipinski definition) is 1. The molecule has 0 unspecified atom stereocenters. The van der Waals surface area contributed by atoms with Crippen molar-refractivity contribution in [3.05, 3.63) is 54.9 Å². The number of pyridine rings is 1. The van der Waals surface area contributed by atoms with Crippen LogP contribution in [-0.4, -0.2) is 32.0 Å². The summed E-state index contributed by atoms with van der Waals surface area (Å²) in [7, 11) is 2.01. The Morgan fingerprint density at radius 2 is 1.86 bits per heavy atom. The molecule has 4 nitrogen and oxygen atoms in total. The van der Waals surface area contributed by atoms with Crippen LogP contribution in [0.5, 0.6) is 0 Å². The molecule has 3 aromatic rings. The molecule has 5 heteroatoms. The van der Waals surface area contributed by atoms with Crippen molar-refractivity contribution >= 4 is 11.8 Å². The largest absolute Gasteiger partial charge is 0.396 e. The molecule has 0 aliphatic heterocycles. The van der Waals surface area contributed by atoms with Gasteiger partial charge in [0.25, 0.3) is 0 Å². The van der Waals surface area contributed by atoms with Gasteiger partial charge in [0.15, 0.2) is 5.16 Å². The van der Waals surface area contributed by atoms with E-state index in [4.69, 9.17) is 10.1 Å². The van der Waals surface area contributed by atoms with Crippen molar-refractivity contribution in [3.8, 4) is 22.5 Å². The molecule has 112 valence electrons. The minimum absolute atomic E-state index is 0.139. The lowest BCUT2D eigenvalue weighted by Gasteiger charge is -2.07. The molecule has 3 rings (SSSR count). The highest BCUT2D eigenvalue weighted by molar-refractivity contribution is 7.99. The van der Waals surface area contributed by atoms with E-state index in [1.807, 2.05) is 43.6 Å². The number of rotatable bonds is 5. The molecule has 0 aliphatic rings. The predicted octanol–water partition coefficient (Wildman–Crippen LogP) is 3.23. The van der Waals surface area contributed by atoms with Gasteiger partial charge in [0.2, 0.25) is 0 Å². The molecule has 0 bridgehead atoms. The van der Waals surface area contributed by atoms with Crippen LogP contribution in [0.15, 0.2) is 60.0 Å². The van der Waals surface area contributed by atoms with Crippen molar-refractivity contribution in [2.45, 2.75) is 5.16 Å². The highest BCUT2D eigenvalue weighted by Crippen LogP contribution is 2.34. The van der Waals surface area contributed by atoms with Crippen LogP contribution in [0.1, 0.15) is 0 Å². The molecule has 22 heavy (non-hydrogen) atoms. The van der Waals surface area contributed by atoms with Gasteiger partial charge in [-0.2, -0.15) is 0 Å². The van der Waals surface area contributed by atoms with Gasteiger partial charge in [0.1, 0.15) is 0 Å². The number of aliphatic hydroxyl groups is 1. The Morgan fingerprint density at radius 1 is 1.09 bits per heavy atom. The summed E-state index contributed by atoms with van der Waals surface area (Å²) >= 11 is 1.55. The van der Waals surface area contributed by atoms with Crippen molar-refractivity contribution in [3.63, 3.8) is 0 Å². The second-order valence-electron chi connectivity index (χ2n) is 4.83. The lowest BCUT2D eigenvalue weighted by molar-refractivity contribution is 0.322. The third-order valence-corrected chi connectivity index (χ3v) is 4.37. The molecule has 0 saturated heterocycles. The van der Waals surface area contributed by atoms with Gasteiger partial charge in [-0.3, -0.25) is 4.98 Å². The lowest BCUT2D eigenvalue weighted by Crippen LogP contribution is -1.96. The molecular formula is C17H17N3OS. The van der Waals surface area contributed by atoms with Gasteiger partial charge in [0, 0.05) is 36.3 Å². The van der Waals surface area contributed by atoms with Crippen LogP contribution in [0.25, 0.3) is 22.5 Å². The Kier molecular flexibility index (Phi) is 4.56. The SMILES string of the molecule is Cn1c(SCCO)nc(-c2cccnc2)c1-c1ccccc1. The molecule has 0 aliphatic carbocycles. The summed E-state index contributed by atoms with van der Waals surface area (Å²) in [5.41, 5.74) is 4.09. The van der Waals surface area contributed by atoms with Crippen LogP contribution in [0.3, 0.4) is 0 Å². The van der Waals surface area contributed by atoms with Crippen molar-refractivity contribution in [2.24, 2.45) is 7.05 Å². The van der Waals surface area contributed by atoms with E-state index in [0.29, 0.717) is 5.75 Å². The van der Waals surface area contributed by atoms with Crippen LogP contribution in [-0.2, 0) is 7.05 Å². The highest BCUT2D eigenvalue weighted by atomic mass is 32.2. The third kappa shape index (κ3) is 2.91. The second-order valence-corrected chi connectivity index (χ2v) is 5.89. The number of aromatic nitrogens is 3. The summed E-state index contributed by atoms with van der Waals surface area (Å²) in [4.78, 5) is 8.97. The molecule has 0 amide bonds. The van der Waals surface area contributed by atoms with Crippen molar-refractivity contribution < 1.29 is 5.11 Å². The predicted molar refractivity (Wildman–Crippen MR) is 89.7 cm³/mol. The van der Waals surface area contributed by atoms with Crippen LogP contribution in [0.2, 0.25) is 0 Å². The van der Waals surface area contributed by atoms with Gasteiger partial charge in [0.05, 0.1) is 18.0 Å². The summed E-state index contributed by atoms with van der Waals surface area (Å²) in [6.07, 6.45) is 3.59. The number of thioether (sulfide) groups is 1. The number of aliphatic hydroxyl groups excluding tert-OH is 1. The summed E-state index contributed by atoms with van der Waals surface area (Å²) < 4.78 is 2.08. The van der Waals surface area contributed by atoms with Crippen molar-refractivity contribution in [1.29, 1.82) is 0 Å². The van der Waals surface area contributed by atoms with E-state index in [9.17, 15) is 0 Å². The fourth-order valence-corrected chi connectivity index (χ4v) is 3.09. The number of hydrogen-bond acceptors (Lipinski definition) is 4. The van der Waals surface area contributed by atoms with Gasteiger partial charge in [-0.25, -0.2) is 4.98 Å². The molecule has 0 spiro atoms. The molecule has 1 aromatic carbocycles. The van der Waals surface area contributed by atoms with E-state index >= 15 is 0 Å². The van der Waals surface area contributed by atoms with Gasteiger partial charge in [-0.15, -0.1) is 0 Å². The molecule has 2 aromatic heterocycles. The van der Waals surface area contributed by atoms with Crippen LogP contribution in [0, 0.1) is 0 Å². The molecule has 1 N–H and O–H groups in total. The lowest BCUT2D eigenvalue weighted by atomic mass is 10.1. The maximum Gasteiger partial charge on any atom is 0.168 e. The molecule has 0 fully saturated rings. The summed E-state index contributed by atoms with van der Waals surface area (Å²) in [5.74, 6) is 0.631. The van der Waals surface area contributed by atoms with E-state index < -0.39 is 0 Å². The zero-order chi connectivity index (χ0) is 15.4. The minimum Gasteiger partial charge on any atom is -0.396 e. The van der Waals surface area contributed by atoms with E-state index in [0.717, 1.165) is 27.7 Å². The van der Waals surface area contributed by atoms with E-state index in [2.05, 4.69) is 21.7 Å². The zero-order valence-corrected chi connectivity index (χ0v) is 13.1. The fourth-order valence-electron chi connectivity index (χ4n) is 2.37. The first-order valence-electron chi connectivity index (χ1n) is 7.07. The summed E-state index contributed by atoms with van der Waals surface area (Å²) in [5, 5.41) is 9.96. The maximum absolute atomic E-state index is 9.06. The minimum atomic E-state index is 0.139. The van der Waals surface area contributed by atoms with Crippen LogP contribution < -0.4 is 0 Å². The molecule has 0 atom stereocenters. The third-order valence-electron chi connectivity index (χ3n) is 3.36. The number of benzene rings is 1. The van der Waals surface area contributed by atoms with Gasteiger partial charge in [-0.05, 0) is 12.1 Å². The van der Waals surface area contributed by atoms with Gasteiger partial charge >= 0.3 is 0 Å².